The number of hydrogen-bond acceptors (Lipinski definition) is 5. The van der Waals surface area contributed by atoms with Crippen LogP contribution in [-0.4, -0.2) is 52.5 Å². The third-order valence-corrected chi connectivity index (χ3v) is 6.12. The molecule has 3 aromatic rings. The van der Waals surface area contributed by atoms with Crippen molar-refractivity contribution in [1.29, 1.82) is 0 Å². The summed E-state index contributed by atoms with van der Waals surface area (Å²) in [6, 6.07) is 19.7. The van der Waals surface area contributed by atoms with Crippen LogP contribution in [0.25, 0.3) is 16.8 Å². The number of benzene rings is 2. The molecule has 2 aromatic carbocycles. The minimum atomic E-state index is -0.0807. The summed E-state index contributed by atoms with van der Waals surface area (Å²) in [5, 5.41) is 4.61. The molecule has 1 aliphatic rings. The molecule has 0 bridgehead atoms. The Morgan fingerprint density at radius 2 is 1.89 bits per heavy atom. The second-order valence-corrected chi connectivity index (χ2v) is 8.66. The minimum absolute atomic E-state index is 0.0238. The van der Waals surface area contributed by atoms with E-state index in [0.29, 0.717) is 37.0 Å². The molecule has 1 aliphatic heterocycles. The maximum atomic E-state index is 13.7. The third kappa shape index (κ3) is 5.62. The molecule has 2 heterocycles. The number of nitrogens with two attached hydrogens (primary N) is 1. The van der Waals surface area contributed by atoms with E-state index in [1.165, 1.54) is 0 Å². The molecule has 182 valence electrons. The number of likely N-dealkylation sites (tertiary alicyclic amines) is 1. The summed E-state index contributed by atoms with van der Waals surface area (Å²) in [5.41, 5.74) is 9.86. The Kier molecular flexibility index (Phi) is 7.98. The molecule has 0 radical (unpaired) electrons. The zero-order valence-corrected chi connectivity index (χ0v) is 20.4. The summed E-state index contributed by atoms with van der Waals surface area (Å²) in [7, 11) is 1.82. The van der Waals surface area contributed by atoms with Crippen molar-refractivity contribution in [3.8, 4) is 17.0 Å². The van der Waals surface area contributed by atoms with Crippen LogP contribution in [0.1, 0.15) is 42.2 Å². The monoisotopic (exact) mass is 471 g/mol. The van der Waals surface area contributed by atoms with Crippen molar-refractivity contribution in [3.63, 3.8) is 0 Å². The van der Waals surface area contributed by atoms with Crippen LogP contribution in [0.4, 0.5) is 0 Å². The maximum absolute atomic E-state index is 13.7. The fourth-order valence-electron chi connectivity index (χ4n) is 4.36. The molecular weight excluding hydrogens is 438 g/mol. The van der Waals surface area contributed by atoms with Crippen molar-refractivity contribution in [2.24, 2.45) is 17.8 Å². The Morgan fingerprint density at radius 1 is 1.17 bits per heavy atom. The lowest BCUT2D eigenvalue weighted by Gasteiger charge is -2.23. The first-order valence-corrected chi connectivity index (χ1v) is 12.2. The number of aliphatic imine (C=N–C) groups is 1. The molecule has 4 rings (SSSR count). The van der Waals surface area contributed by atoms with E-state index < -0.39 is 0 Å². The van der Waals surface area contributed by atoms with E-state index >= 15 is 0 Å². The average molecular weight is 472 g/mol. The molecule has 7 heteroatoms. The largest absolute Gasteiger partial charge is 0.477 e. The summed E-state index contributed by atoms with van der Waals surface area (Å²) in [6.07, 6.45) is 6.27. The lowest BCUT2D eigenvalue weighted by molar-refractivity contribution is 0.0735. The van der Waals surface area contributed by atoms with Gasteiger partial charge >= 0.3 is 0 Å². The van der Waals surface area contributed by atoms with Crippen molar-refractivity contribution in [1.82, 2.24) is 14.7 Å². The van der Waals surface area contributed by atoms with Crippen LogP contribution in [0.15, 0.2) is 71.7 Å². The molecule has 1 atom stereocenters. The fraction of sp³-hybridized carbons (Fsp3) is 0.321. The second kappa shape index (κ2) is 11.5. The highest BCUT2D eigenvalue weighted by Gasteiger charge is 2.34. The van der Waals surface area contributed by atoms with Crippen LogP contribution < -0.4 is 10.5 Å². The van der Waals surface area contributed by atoms with Gasteiger partial charge in [0.15, 0.2) is 5.69 Å². The zero-order chi connectivity index (χ0) is 24.6. The van der Waals surface area contributed by atoms with Gasteiger partial charge in [0, 0.05) is 25.5 Å². The van der Waals surface area contributed by atoms with Crippen LogP contribution >= 0.6 is 0 Å². The number of allylic oxidation sites excluding steroid dienone is 1. The van der Waals surface area contributed by atoms with Crippen LogP contribution in [0.3, 0.4) is 0 Å². The molecule has 7 nitrogen and oxygen atoms in total. The molecule has 1 aromatic heterocycles. The van der Waals surface area contributed by atoms with E-state index in [0.717, 1.165) is 36.0 Å². The maximum Gasteiger partial charge on any atom is 0.275 e. The number of carbonyl (C=O) groups is 1. The van der Waals surface area contributed by atoms with Crippen LogP contribution in [-0.2, 0) is 7.05 Å². The third-order valence-electron chi connectivity index (χ3n) is 6.12. The number of carbonyl (C=O) groups excluding carboxylic acids is 1. The first kappa shape index (κ1) is 24.3. The zero-order valence-electron chi connectivity index (χ0n) is 20.4. The highest BCUT2D eigenvalue weighted by molar-refractivity contribution is 6.00. The molecule has 0 spiro atoms. The van der Waals surface area contributed by atoms with E-state index in [-0.39, 0.29) is 11.9 Å². The Bertz CT molecular complexity index is 1180. The first-order chi connectivity index (χ1) is 17.1. The topological polar surface area (TPSA) is 85.7 Å². The standard InChI is InChI=1S/C28H33N5O2/c1-3-19-35-28-25(22-13-8-5-9-14-22)26(31-32(28)2)27(34)33-18-10-15-23(33)20-30-17-16-24(29)21-11-6-4-7-12-21/h4-9,11-14,16-17,23H,3,10,15,18-20,29H2,1-2H3/b24-16-,30-17?. The van der Waals surface area contributed by atoms with Crippen LogP contribution in [0, 0.1) is 0 Å². The Morgan fingerprint density at radius 3 is 2.60 bits per heavy atom. The van der Waals surface area contributed by atoms with E-state index in [9.17, 15) is 4.79 Å². The number of amides is 1. The van der Waals surface area contributed by atoms with Crippen molar-refractivity contribution in [2.75, 3.05) is 19.7 Å². The van der Waals surface area contributed by atoms with Crippen molar-refractivity contribution >= 4 is 17.8 Å². The summed E-state index contributed by atoms with van der Waals surface area (Å²) < 4.78 is 7.69. The van der Waals surface area contributed by atoms with Gasteiger partial charge in [-0.3, -0.25) is 9.79 Å². The van der Waals surface area contributed by atoms with Gasteiger partial charge < -0.3 is 15.4 Å². The lowest BCUT2D eigenvalue weighted by atomic mass is 10.0. The summed E-state index contributed by atoms with van der Waals surface area (Å²) in [6.45, 7) is 3.84. The van der Waals surface area contributed by atoms with Crippen LogP contribution in [0.2, 0.25) is 0 Å². The Balaban J connectivity index is 1.53. The highest BCUT2D eigenvalue weighted by Crippen LogP contribution is 2.35. The highest BCUT2D eigenvalue weighted by atomic mass is 16.5. The average Bonchev–Trinajstić information content (AvgIpc) is 3.50. The van der Waals surface area contributed by atoms with Gasteiger partial charge in [-0.15, -0.1) is 0 Å². The second-order valence-electron chi connectivity index (χ2n) is 8.66. The predicted molar refractivity (Wildman–Crippen MR) is 140 cm³/mol. The van der Waals surface area contributed by atoms with E-state index in [2.05, 4.69) is 17.0 Å². The van der Waals surface area contributed by atoms with Crippen molar-refractivity contribution in [3.05, 3.63) is 78.0 Å². The summed E-state index contributed by atoms with van der Waals surface area (Å²) >= 11 is 0. The SMILES string of the molecule is CCCOc1c(-c2ccccc2)c(C(=O)N2CCCC2CN=C/C=C(\N)c2ccccc2)nn1C. The molecule has 1 saturated heterocycles. The number of rotatable bonds is 9. The fourth-order valence-corrected chi connectivity index (χ4v) is 4.36. The summed E-state index contributed by atoms with van der Waals surface area (Å²) in [5.74, 6) is 0.541. The van der Waals surface area contributed by atoms with E-state index in [1.54, 1.807) is 17.0 Å². The number of nitrogens with zero attached hydrogens (tertiary/aromatic N) is 4. The van der Waals surface area contributed by atoms with E-state index in [1.807, 2.05) is 72.6 Å². The lowest BCUT2D eigenvalue weighted by Crippen LogP contribution is -2.37. The molecule has 1 fully saturated rings. The Labute approximate surface area is 206 Å². The minimum Gasteiger partial charge on any atom is -0.477 e. The molecule has 0 aliphatic carbocycles. The van der Waals surface area contributed by atoms with Gasteiger partial charge in [-0.25, -0.2) is 4.68 Å². The van der Waals surface area contributed by atoms with Gasteiger partial charge in [0.1, 0.15) is 0 Å². The van der Waals surface area contributed by atoms with Gasteiger partial charge in [0.25, 0.3) is 5.91 Å². The number of hydrogen-bond donors (Lipinski definition) is 1. The summed E-state index contributed by atoms with van der Waals surface area (Å²) in [4.78, 5) is 20.2. The predicted octanol–water partition coefficient (Wildman–Crippen LogP) is 4.55. The first-order valence-electron chi connectivity index (χ1n) is 12.2. The number of aryl methyl sites for hydroxylation is 1. The van der Waals surface area contributed by atoms with Gasteiger partial charge in [0.2, 0.25) is 5.88 Å². The van der Waals surface area contributed by atoms with Gasteiger partial charge in [-0.05, 0) is 36.5 Å². The molecule has 0 saturated carbocycles. The molecule has 2 N–H and O–H groups in total. The molecule has 1 amide bonds. The van der Waals surface area contributed by atoms with Crippen LogP contribution in [0.5, 0.6) is 5.88 Å². The quantitative estimate of drug-likeness (QED) is 0.464. The van der Waals surface area contributed by atoms with Gasteiger partial charge in [-0.2, -0.15) is 5.10 Å². The number of aromatic nitrogens is 2. The normalized spacial score (nSPS) is 16.2. The molecule has 35 heavy (non-hydrogen) atoms. The molecular formula is C28H33N5O2. The Hall–Kier alpha value is -3.87. The molecule has 1 unspecified atom stereocenters. The van der Waals surface area contributed by atoms with Crippen molar-refractivity contribution in [2.45, 2.75) is 32.2 Å². The van der Waals surface area contributed by atoms with E-state index in [4.69, 9.17) is 10.5 Å². The number of ether oxygens (including phenoxy) is 1. The van der Waals surface area contributed by atoms with Gasteiger partial charge in [0.05, 0.1) is 24.8 Å². The smallest absolute Gasteiger partial charge is 0.275 e. The van der Waals surface area contributed by atoms with Gasteiger partial charge in [-0.1, -0.05) is 67.6 Å². The van der Waals surface area contributed by atoms with Crippen molar-refractivity contribution < 1.29 is 9.53 Å².